The fourth-order valence-corrected chi connectivity index (χ4v) is 0.991. The summed E-state index contributed by atoms with van der Waals surface area (Å²) in [7, 11) is 0. The third-order valence-electron chi connectivity index (χ3n) is 1.52. The van der Waals surface area contributed by atoms with Crippen molar-refractivity contribution in [2.45, 2.75) is 0 Å². The predicted molar refractivity (Wildman–Crippen MR) is 41.5 cm³/mol. The lowest BCUT2D eigenvalue weighted by atomic mass is 10.1. The fraction of sp³-hybridized carbons (Fsp3) is 0. The van der Waals surface area contributed by atoms with Gasteiger partial charge >= 0.3 is 0 Å². The minimum absolute atomic E-state index is 0.00352. The highest BCUT2D eigenvalue weighted by Crippen LogP contribution is 2.12. The van der Waals surface area contributed by atoms with E-state index in [2.05, 4.69) is 9.97 Å². The number of fused-ring (bicyclic) bond motifs is 1. The number of hydrogen-bond donors (Lipinski definition) is 1. The Morgan fingerprint density at radius 3 is 3.18 bits per heavy atom. The van der Waals surface area contributed by atoms with E-state index >= 15 is 0 Å². The van der Waals surface area contributed by atoms with Gasteiger partial charge in [0, 0.05) is 17.8 Å². The first-order valence-corrected chi connectivity index (χ1v) is 3.29. The maximum atomic E-state index is 10.8. The molecule has 0 unspecified atom stereocenters. The van der Waals surface area contributed by atoms with E-state index in [1.54, 1.807) is 12.4 Å². The number of hydrogen-bond acceptors (Lipinski definition) is 2. The van der Waals surface area contributed by atoms with Crippen molar-refractivity contribution in [3.8, 4) is 11.3 Å². The molecule has 2 aliphatic rings. The number of rotatable bonds is 0. The van der Waals surface area contributed by atoms with Crippen LogP contribution in [-0.4, -0.2) is 9.97 Å². The van der Waals surface area contributed by atoms with E-state index in [9.17, 15) is 4.79 Å². The molecule has 0 saturated heterocycles. The molecule has 1 N–H and O–H groups in total. The van der Waals surface area contributed by atoms with E-state index in [1.807, 2.05) is 6.20 Å². The van der Waals surface area contributed by atoms with Crippen LogP contribution in [0, 0.1) is 0 Å². The highest BCUT2D eigenvalue weighted by molar-refractivity contribution is 5.58. The molecule has 0 amide bonds. The second-order valence-corrected chi connectivity index (χ2v) is 2.29. The summed E-state index contributed by atoms with van der Waals surface area (Å²) in [5, 5.41) is 0. The first kappa shape index (κ1) is 6.09. The SMILES string of the molecule is O=c1ccc2c[nH]cnc-2c1. The molecule has 3 heteroatoms. The Bertz CT molecular complexity index is 394. The molecule has 0 aromatic carbocycles. The Hall–Kier alpha value is -1.64. The molecule has 0 bridgehead atoms. The lowest BCUT2D eigenvalue weighted by molar-refractivity contribution is 1.16. The second-order valence-electron chi connectivity index (χ2n) is 2.29. The van der Waals surface area contributed by atoms with Gasteiger partial charge in [-0.2, -0.15) is 0 Å². The zero-order valence-electron chi connectivity index (χ0n) is 5.74. The molecule has 0 aromatic heterocycles. The van der Waals surface area contributed by atoms with Crippen LogP contribution in [0.2, 0.25) is 0 Å². The zero-order chi connectivity index (χ0) is 7.68. The molecule has 1 heterocycles. The normalized spacial score (nSPS) is 10.2. The van der Waals surface area contributed by atoms with E-state index in [0.717, 1.165) is 11.3 Å². The van der Waals surface area contributed by atoms with Crippen molar-refractivity contribution in [1.82, 2.24) is 9.97 Å². The Kier molecular flexibility index (Phi) is 1.22. The van der Waals surface area contributed by atoms with Crippen molar-refractivity contribution < 1.29 is 0 Å². The molecular weight excluding hydrogens is 140 g/mol. The van der Waals surface area contributed by atoms with Crippen molar-refractivity contribution in [3.05, 3.63) is 40.9 Å². The fourth-order valence-electron chi connectivity index (χ4n) is 0.991. The third kappa shape index (κ3) is 1.00. The van der Waals surface area contributed by atoms with Crippen molar-refractivity contribution in [2.24, 2.45) is 0 Å². The highest BCUT2D eigenvalue weighted by Gasteiger charge is 1.99. The second kappa shape index (κ2) is 2.20. The number of H-pyrrole nitrogens is 1. The summed E-state index contributed by atoms with van der Waals surface area (Å²) in [6.45, 7) is 0. The van der Waals surface area contributed by atoms with Gasteiger partial charge in [0.15, 0.2) is 5.43 Å². The van der Waals surface area contributed by atoms with Gasteiger partial charge in [-0.3, -0.25) is 4.79 Å². The summed E-state index contributed by atoms with van der Waals surface area (Å²) in [5.41, 5.74) is 1.68. The Labute approximate surface area is 63.1 Å². The lowest BCUT2D eigenvalue weighted by Gasteiger charge is -1.99. The quantitative estimate of drug-likeness (QED) is 0.599. The molecule has 1 aliphatic carbocycles. The van der Waals surface area contributed by atoms with Crippen LogP contribution in [0.5, 0.6) is 0 Å². The molecule has 0 fully saturated rings. The summed E-state index contributed by atoms with van der Waals surface area (Å²) in [6.07, 6.45) is 3.36. The highest BCUT2D eigenvalue weighted by atomic mass is 16.1. The first-order valence-electron chi connectivity index (χ1n) is 3.29. The Morgan fingerprint density at radius 1 is 1.36 bits per heavy atom. The summed E-state index contributed by atoms with van der Waals surface area (Å²) >= 11 is 0. The molecule has 54 valence electrons. The molecule has 11 heavy (non-hydrogen) atoms. The van der Waals surface area contributed by atoms with Crippen LogP contribution in [0.3, 0.4) is 0 Å². The van der Waals surface area contributed by atoms with E-state index in [0.29, 0.717) is 0 Å². The molecule has 3 nitrogen and oxygen atoms in total. The predicted octanol–water partition coefficient (Wildman–Crippen LogP) is 0.875. The monoisotopic (exact) mass is 146 g/mol. The van der Waals surface area contributed by atoms with Crippen molar-refractivity contribution in [3.63, 3.8) is 0 Å². The number of nitrogens with one attached hydrogen (secondary N) is 1. The molecule has 0 aromatic rings. The summed E-state index contributed by atoms with van der Waals surface area (Å²) in [6, 6.07) is 4.79. The van der Waals surface area contributed by atoms with Crippen LogP contribution in [0.15, 0.2) is 35.5 Å². The molecule has 1 aliphatic heterocycles. The van der Waals surface area contributed by atoms with Gasteiger partial charge in [0.2, 0.25) is 0 Å². The minimum Gasteiger partial charge on any atom is -0.352 e. The van der Waals surface area contributed by atoms with Crippen LogP contribution < -0.4 is 5.43 Å². The van der Waals surface area contributed by atoms with Crippen LogP contribution in [-0.2, 0) is 0 Å². The van der Waals surface area contributed by atoms with Crippen LogP contribution in [0.1, 0.15) is 0 Å². The van der Waals surface area contributed by atoms with Crippen molar-refractivity contribution >= 4 is 0 Å². The van der Waals surface area contributed by atoms with E-state index in [-0.39, 0.29) is 5.43 Å². The Balaban J connectivity index is 2.84. The van der Waals surface area contributed by atoms with Gasteiger partial charge in [0.25, 0.3) is 0 Å². The van der Waals surface area contributed by atoms with E-state index < -0.39 is 0 Å². The zero-order valence-corrected chi connectivity index (χ0v) is 5.74. The number of aromatic amines is 1. The molecule has 0 atom stereocenters. The molecular formula is C8H6N2O. The molecule has 0 spiro atoms. The first-order chi connectivity index (χ1) is 5.36. The van der Waals surface area contributed by atoms with Gasteiger partial charge in [0.1, 0.15) is 0 Å². The van der Waals surface area contributed by atoms with Crippen molar-refractivity contribution in [2.75, 3.05) is 0 Å². The van der Waals surface area contributed by atoms with Crippen LogP contribution in [0.25, 0.3) is 11.3 Å². The van der Waals surface area contributed by atoms with Gasteiger partial charge in [-0.05, 0) is 12.1 Å². The van der Waals surface area contributed by atoms with E-state index in [1.165, 1.54) is 12.1 Å². The van der Waals surface area contributed by atoms with Gasteiger partial charge < -0.3 is 4.98 Å². The largest absolute Gasteiger partial charge is 0.352 e. The number of nitrogens with zero attached hydrogens (tertiary/aromatic N) is 1. The molecule has 0 saturated carbocycles. The summed E-state index contributed by atoms with van der Waals surface area (Å²) < 4.78 is 0. The number of aromatic nitrogens is 2. The van der Waals surface area contributed by atoms with Gasteiger partial charge in [-0.15, -0.1) is 0 Å². The third-order valence-corrected chi connectivity index (χ3v) is 1.52. The average molecular weight is 146 g/mol. The minimum atomic E-state index is -0.00352. The van der Waals surface area contributed by atoms with Crippen molar-refractivity contribution in [1.29, 1.82) is 0 Å². The molecule has 2 rings (SSSR count). The number of benzene rings is 1. The average Bonchev–Trinajstić information content (AvgIpc) is 2.04. The summed E-state index contributed by atoms with van der Waals surface area (Å²) in [5.74, 6) is 0. The van der Waals surface area contributed by atoms with Crippen LogP contribution in [0.4, 0.5) is 0 Å². The molecule has 0 radical (unpaired) electrons. The smallest absolute Gasteiger partial charge is 0.180 e. The van der Waals surface area contributed by atoms with Gasteiger partial charge in [0.05, 0.1) is 12.0 Å². The maximum absolute atomic E-state index is 10.8. The maximum Gasteiger partial charge on any atom is 0.180 e. The Morgan fingerprint density at radius 2 is 2.27 bits per heavy atom. The topological polar surface area (TPSA) is 45.8 Å². The summed E-state index contributed by atoms with van der Waals surface area (Å²) in [4.78, 5) is 17.7. The lowest BCUT2D eigenvalue weighted by Crippen LogP contribution is -1.99. The van der Waals surface area contributed by atoms with Gasteiger partial charge in [-0.25, -0.2) is 4.98 Å². The standard InChI is InChI=1S/C8H6N2O/c11-7-2-1-6-4-9-5-10-8(6)3-7/h1-5H,(H,9,10). The van der Waals surface area contributed by atoms with E-state index in [4.69, 9.17) is 0 Å². The van der Waals surface area contributed by atoms with Crippen LogP contribution >= 0.6 is 0 Å². The van der Waals surface area contributed by atoms with Gasteiger partial charge in [-0.1, -0.05) is 0 Å².